The third-order valence-electron chi connectivity index (χ3n) is 3.68. The number of fused-ring (bicyclic) bond motifs is 1. The Morgan fingerprint density at radius 3 is 2.58 bits per heavy atom. The van der Waals surface area contributed by atoms with Gasteiger partial charge >= 0.3 is 0 Å². The highest BCUT2D eigenvalue weighted by atomic mass is 16.5. The first kappa shape index (κ1) is 15.9. The smallest absolute Gasteiger partial charge is 0.205 e. The van der Waals surface area contributed by atoms with Crippen LogP contribution in [0.15, 0.2) is 24.7 Å². The first-order valence-electron chi connectivity index (χ1n) is 7.44. The van der Waals surface area contributed by atoms with Crippen molar-refractivity contribution in [1.82, 2.24) is 20.2 Å². The Balaban J connectivity index is 1.96. The first-order chi connectivity index (χ1) is 11.8. The summed E-state index contributed by atoms with van der Waals surface area (Å²) in [6.07, 6.45) is 4.03. The van der Waals surface area contributed by atoms with Gasteiger partial charge in [0.1, 0.15) is 17.7 Å². The summed E-state index contributed by atoms with van der Waals surface area (Å²) in [5.41, 5.74) is 1.71. The molecule has 0 spiro atoms. The van der Waals surface area contributed by atoms with Crippen LogP contribution in [-0.2, 0) is 6.42 Å². The van der Waals surface area contributed by atoms with Crippen LogP contribution in [0.4, 0.5) is 5.82 Å². The van der Waals surface area contributed by atoms with Crippen LogP contribution in [0, 0.1) is 0 Å². The van der Waals surface area contributed by atoms with Gasteiger partial charge in [-0.1, -0.05) is 0 Å². The summed E-state index contributed by atoms with van der Waals surface area (Å²) in [6, 6.07) is 3.78. The Bertz CT molecular complexity index is 820. The van der Waals surface area contributed by atoms with E-state index in [1.165, 1.54) is 6.33 Å². The van der Waals surface area contributed by atoms with E-state index in [9.17, 15) is 0 Å². The van der Waals surface area contributed by atoms with Crippen LogP contribution in [0.3, 0.4) is 0 Å². The average Bonchev–Trinajstić information content (AvgIpc) is 3.13. The highest BCUT2D eigenvalue weighted by Crippen LogP contribution is 2.43. The Morgan fingerprint density at radius 1 is 1.08 bits per heavy atom. The van der Waals surface area contributed by atoms with E-state index in [0.29, 0.717) is 35.1 Å². The Labute approximate surface area is 139 Å². The molecular formula is C16H19N5O3. The lowest BCUT2D eigenvalue weighted by atomic mass is 10.1. The summed E-state index contributed by atoms with van der Waals surface area (Å²) >= 11 is 0. The van der Waals surface area contributed by atoms with Crippen LogP contribution in [-0.4, -0.2) is 48.0 Å². The molecule has 24 heavy (non-hydrogen) atoms. The molecule has 8 nitrogen and oxygen atoms in total. The summed E-state index contributed by atoms with van der Waals surface area (Å²) in [4.78, 5) is 8.66. The van der Waals surface area contributed by atoms with E-state index >= 15 is 0 Å². The number of aromatic nitrogens is 4. The van der Waals surface area contributed by atoms with Crippen molar-refractivity contribution in [2.45, 2.75) is 6.42 Å². The van der Waals surface area contributed by atoms with Crippen molar-refractivity contribution in [2.24, 2.45) is 0 Å². The van der Waals surface area contributed by atoms with Gasteiger partial charge in [0.2, 0.25) is 5.75 Å². The number of rotatable bonds is 7. The van der Waals surface area contributed by atoms with Crippen molar-refractivity contribution in [3.8, 4) is 17.2 Å². The lowest BCUT2D eigenvalue weighted by molar-refractivity contribution is 0.327. The Morgan fingerprint density at radius 2 is 1.92 bits per heavy atom. The predicted octanol–water partition coefficient (Wildman–Crippen LogP) is 2.03. The second-order valence-corrected chi connectivity index (χ2v) is 5.02. The predicted molar refractivity (Wildman–Crippen MR) is 90.0 cm³/mol. The van der Waals surface area contributed by atoms with E-state index in [0.717, 1.165) is 17.5 Å². The normalized spacial score (nSPS) is 10.6. The molecule has 0 aliphatic heterocycles. The lowest BCUT2D eigenvalue weighted by Crippen LogP contribution is -2.08. The summed E-state index contributed by atoms with van der Waals surface area (Å²) in [5.74, 6) is 2.30. The van der Waals surface area contributed by atoms with E-state index in [1.807, 2.05) is 12.1 Å². The molecule has 8 heteroatoms. The number of hydrogen-bond donors (Lipinski definition) is 2. The van der Waals surface area contributed by atoms with Gasteiger partial charge in [-0.25, -0.2) is 9.97 Å². The molecule has 0 saturated heterocycles. The number of nitrogens with zero attached hydrogens (tertiary/aromatic N) is 3. The second-order valence-electron chi connectivity index (χ2n) is 5.02. The van der Waals surface area contributed by atoms with Crippen LogP contribution < -0.4 is 19.5 Å². The molecule has 0 saturated carbocycles. The molecular weight excluding hydrogens is 310 g/mol. The minimum absolute atomic E-state index is 0.509. The molecule has 0 radical (unpaired) electrons. The molecule has 0 unspecified atom stereocenters. The number of anilines is 1. The third-order valence-corrected chi connectivity index (χ3v) is 3.68. The minimum Gasteiger partial charge on any atom is -0.493 e. The van der Waals surface area contributed by atoms with Crippen LogP contribution in [0.2, 0.25) is 0 Å². The molecule has 2 heterocycles. The Hall–Kier alpha value is -3.03. The summed E-state index contributed by atoms with van der Waals surface area (Å²) in [5, 5.41) is 11.0. The van der Waals surface area contributed by atoms with Gasteiger partial charge in [0.05, 0.1) is 26.7 Å². The van der Waals surface area contributed by atoms with Crippen molar-refractivity contribution < 1.29 is 14.2 Å². The topological polar surface area (TPSA) is 94.2 Å². The number of ether oxygens (including phenoxy) is 3. The minimum atomic E-state index is 0.509. The van der Waals surface area contributed by atoms with Crippen molar-refractivity contribution in [2.75, 3.05) is 33.2 Å². The van der Waals surface area contributed by atoms with E-state index in [1.54, 1.807) is 27.5 Å². The maximum absolute atomic E-state index is 5.47. The fourth-order valence-electron chi connectivity index (χ4n) is 2.54. The van der Waals surface area contributed by atoms with Crippen molar-refractivity contribution in [3.63, 3.8) is 0 Å². The first-order valence-corrected chi connectivity index (χ1v) is 7.44. The van der Waals surface area contributed by atoms with Crippen LogP contribution in [0.25, 0.3) is 10.9 Å². The molecule has 1 aromatic carbocycles. The molecule has 0 aliphatic carbocycles. The summed E-state index contributed by atoms with van der Waals surface area (Å²) in [7, 11) is 4.72. The van der Waals surface area contributed by atoms with Gasteiger partial charge in [-0.3, -0.25) is 5.10 Å². The van der Waals surface area contributed by atoms with Gasteiger partial charge in [0, 0.05) is 24.9 Å². The van der Waals surface area contributed by atoms with E-state index < -0.39 is 0 Å². The molecule has 3 aromatic rings. The van der Waals surface area contributed by atoms with E-state index in [2.05, 4.69) is 25.5 Å². The molecule has 0 fully saturated rings. The molecule has 0 atom stereocenters. The number of nitrogens with one attached hydrogen (secondary N) is 2. The molecule has 3 rings (SSSR count). The highest BCUT2D eigenvalue weighted by Gasteiger charge is 2.19. The number of benzene rings is 1. The van der Waals surface area contributed by atoms with Gasteiger partial charge in [-0.2, -0.15) is 5.10 Å². The van der Waals surface area contributed by atoms with Gasteiger partial charge in [0.15, 0.2) is 11.5 Å². The molecule has 0 bridgehead atoms. The summed E-state index contributed by atoms with van der Waals surface area (Å²) in [6.45, 7) is 0.699. The fourth-order valence-corrected chi connectivity index (χ4v) is 2.54. The van der Waals surface area contributed by atoms with E-state index in [4.69, 9.17) is 14.2 Å². The zero-order valence-corrected chi connectivity index (χ0v) is 13.8. The van der Waals surface area contributed by atoms with Gasteiger partial charge < -0.3 is 19.5 Å². The monoisotopic (exact) mass is 329 g/mol. The molecule has 126 valence electrons. The summed E-state index contributed by atoms with van der Waals surface area (Å²) < 4.78 is 16.3. The zero-order valence-electron chi connectivity index (χ0n) is 13.8. The van der Waals surface area contributed by atoms with Gasteiger partial charge in [0.25, 0.3) is 0 Å². The van der Waals surface area contributed by atoms with Gasteiger partial charge in [-0.15, -0.1) is 0 Å². The van der Waals surface area contributed by atoms with Crippen LogP contribution >= 0.6 is 0 Å². The quantitative estimate of drug-likeness (QED) is 0.685. The second kappa shape index (κ2) is 7.03. The average molecular weight is 329 g/mol. The Kier molecular flexibility index (Phi) is 4.64. The number of hydrogen-bond acceptors (Lipinski definition) is 7. The standard InChI is InChI=1S/C16H19N5O3/c1-22-12-8-11-13(15(24-3)14(12)23-2)18-9-19-16(11)17-6-4-10-5-7-20-21-10/h5,7-9H,4,6H2,1-3H3,(H,20,21)(H,17,18,19). The molecule has 2 aromatic heterocycles. The third kappa shape index (κ3) is 2.90. The SMILES string of the molecule is COc1cc2c(NCCc3ccn[nH]3)ncnc2c(OC)c1OC. The van der Waals surface area contributed by atoms with Crippen LogP contribution in [0.1, 0.15) is 5.69 Å². The largest absolute Gasteiger partial charge is 0.493 e. The maximum Gasteiger partial charge on any atom is 0.205 e. The number of aromatic amines is 1. The lowest BCUT2D eigenvalue weighted by Gasteiger charge is -2.15. The zero-order chi connectivity index (χ0) is 16.9. The van der Waals surface area contributed by atoms with Crippen LogP contribution in [0.5, 0.6) is 17.2 Å². The van der Waals surface area contributed by atoms with Crippen molar-refractivity contribution in [1.29, 1.82) is 0 Å². The maximum atomic E-state index is 5.47. The fraction of sp³-hybridized carbons (Fsp3) is 0.312. The highest BCUT2D eigenvalue weighted by molar-refractivity contribution is 5.96. The number of methoxy groups -OCH3 is 3. The molecule has 0 aliphatic rings. The van der Waals surface area contributed by atoms with Crippen molar-refractivity contribution in [3.05, 3.63) is 30.4 Å². The number of H-pyrrole nitrogens is 1. The molecule has 0 amide bonds. The van der Waals surface area contributed by atoms with Gasteiger partial charge in [-0.05, 0) is 12.1 Å². The molecule has 2 N–H and O–H groups in total. The van der Waals surface area contributed by atoms with E-state index in [-0.39, 0.29) is 0 Å². The van der Waals surface area contributed by atoms with Crippen molar-refractivity contribution >= 4 is 16.7 Å².